The summed E-state index contributed by atoms with van der Waals surface area (Å²) < 4.78 is 7.28. The van der Waals surface area contributed by atoms with Crippen molar-refractivity contribution in [2.45, 2.75) is 63.3 Å². The van der Waals surface area contributed by atoms with Crippen molar-refractivity contribution in [3.05, 3.63) is 42.0 Å². The fraction of sp³-hybridized carbons (Fsp3) is 0.556. The number of fused-ring (bicyclic) bond motifs is 1. The number of esters is 1. The predicted molar refractivity (Wildman–Crippen MR) is 136 cm³/mol. The minimum absolute atomic E-state index is 0.358. The van der Waals surface area contributed by atoms with Crippen LogP contribution < -0.4 is 9.80 Å². The Balaban J connectivity index is 1.42. The van der Waals surface area contributed by atoms with E-state index in [1.807, 2.05) is 18.5 Å². The second kappa shape index (κ2) is 9.47. The van der Waals surface area contributed by atoms with Crippen LogP contribution in [-0.2, 0) is 4.74 Å². The summed E-state index contributed by atoms with van der Waals surface area (Å²) in [7, 11) is 1.43. The van der Waals surface area contributed by atoms with E-state index in [9.17, 15) is 4.79 Å². The lowest BCUT2D eigenvalue weighted by Crippen LogP contribution is -2.46. The molecule has 3 aromatic rings. The zero-order valence-electron chi connectivity index (χ0n) is 20.5. The second-order valence-electron chi connectivity index (χ2n) is 10.1. The second-order valence-corrected chi connectivity index (χ2v) is 10.1. The molecule has 0 N–H and O–H groups in total. The van der Waals surface area contributed by atoms with Crippen molar-refractivity contribution in [3.8, 4) is 0 Å². The van der Waals surface area contributed by atoms with Crippen LogP contribution in [0, 0.1) is 0 Å². The van der Waals surface area contributed by atoms with Gasteiger partial charge in [0.1, 0.15) is 0 Å². The maximum atomic E-state index is 12.7. The quantitative estimate of drug-likeness (QED) is 0.496. The zero-order valence-corrected chi connectivity index (χ0v) is 20.5. The molecule has 0 radical (unpaired) electrons. The van der Waals surface area contributed by atoms with E-state index in [2.05, 4.69) is 31.6 Å². The third-order valence-corrected chi connectivity index (χ3v) is 8.12. The first-order valence-electron chi connectivity index (χ1n) is 13.1. The van der Waals surface area contributed by atoms with Gasteiger partial charge >= 0.3 is 5.97 Å². The first-order chi connectivity index (χ1) is 17.2. The van der Waals surface area contributed by atoms with Gasteiger partial charge in [0.15, 0.2) is 11.3 Å². The summed E-state index contributed by atoms with van der Waals surface area (Å²) in [4.78, 5) is 26.5. The lowest BCUT2D eigenvalue weighted by molar-refractivity contribution is 0.0594. The van der Waals surface area contributed by atoms with Gasteiger partial charge in [-0.1, -0.05) is 25.7 Å². The van der Waals surface area contributed by atoms with Crippen LogP contribution in [0.3, 0.4) is 0 Å². The molecule has 0 amide bonds. The summed E-state index contributed by atoms with van der Waals surface area (Å²) in [5.41, 5.74) is 4.73. The van der Waals surface area contributed by atoms with Crippen molar-refractivity contribution in [2.24, 2.45) is 0 Å². The number of ether oxygens (including phenoxy) is 1. The molecule has 0 unspecified atom stereocenters. The zero-order chi connectivity index (χ0) is 23.8. The van der Waals surface area contributed by atoms with Gasteiger partial charge in [0.2, 0.25) is 0 Å². The largest absolute Gasteiger partial charge is 0.464 e. The highest BCUT2D eigenvalue weighted by Crippen LogP contribution is 2.44. The Hall–Kier alpha value is -3.16. The Bertz CT molecular complexity index is 1190. The molecular formula is C27H34N6O2. The number of hydrogen-bond acceptors (Lipinski definition) is 7. The normalized spacial score (nSPS) is 19.7. The van der Waals surface area contributed by atoms with Crippen LogP contribution in [-0.4, -0.2) is 59.0 Å². The molecule has 0 atom stereocenters. The first-order valence-corrected chi connectivity index (χ1v) is 13.1. The average Bonchev–Trinajstić information content (AvgIpc) is 3.27. The Morgan fingerprint density at radius 1 is 0.943 bits per heavy atom. The van der Waals surface area contributed by atoms with Gasteiger partial charge in [0.25, 0.3) is 0 Å². The Morgan fingerprint density at radius 2 is 1.66 bits per heavy atom. The molecule has 3 fully saturated rings. The molecule has 0 aromatic carbocycles. The first kappa shape index (κ1) is 22.3. The molecule has 3 aromatic heterocycles. The number of anilines is 2. The highest BCUT2D eigenvalue weighted by atomic mass is 16.5. The van der Waals surface area contributed by atoms with Crippen molar-refractivity contribution in [2.75, 3.05) is 43.1 Å². The van der Waals surface area contributed by atoms with Crippen LogP contribution >= 0.6 is 0 Å². The molecular weight excluding hydrogens is 440 g/mol. The van der Waals surface area contributed by atoms with Gasteiger partial charge in [-0.15, -0.1) is 0 Å². The number of aromatic nitrogens is 4. The van der Waals surface area contributed by atoms with Crippen LogP contribution in [0.5, 0.6) is 0 Å². The van der Waals surface area contributed by atoms with E-state index in [-0.39, 0.29) is 5.97 Å². The predicted octanol–water partition coefficient (Wildman–Crippen LogP) is 4.71. The standard InChI is InChI=1S/C27H34N6O2/c1-35-27(34)22-18-23(32-16-14-31(15-17-32)20-10-12-28-13-11-20)24-25(19-6-5-7-19)30-33(26(24)29-22)21-8-3-2-4-9-21/h10-13,18-19,21H,2-9,14-17H2,1H3. The maximum Gasteiger partial charge on any atom is 0.356 e. The number of nitrogens with zero attached hydrogens (tertiary/aromatic N) is 6. The number of carbonyl (C=O) groups excluding carboxylic acids is 1. The van der Waals surface area contributed by atoms with Crippen LogP contribution in [0.25, 0.3) is 11.0 Å². The van der Waals surface area contributed by atoms with E-state index < -0.39 is 0 Å². The van der Waals surface area contributed by atoms with Crippen LogP contribution in [0.1, 0.15) is 79.5 Å². The molecule has 0 spiro atoms. The molecule has 8 heteroatoms. The molecule has 184 valence electrons. The van der Waals surface area contributed by atoms with Crippen molar-refractivity contribution < 1.29 is 9.53 Å². The number of pyridine rings is 2. The average molecular weight is 475 g/mol. The molecule has 3 aliphatic rings. The van der Waals surface area contributed by atoms with Gasteiger partial charge in [0, 0.05) is 50.2 Å². The Labute approximate surface area is 206 Å². The van der Waals surface area contributed by atoms with E-state index in [1.54, 1.807) is 0 Å². The highest BCUT2D eigenvalue weighted by molar-refractivity contribution is 5.98. The van der Waals surface area contributed by atoms with E-state index in [1.165, 1.54) is 57.0 Å². The maximum absolute atomic E-state index is 12.7. The Kier molecular flexibility index (Phi) is 6.04. The monoisotopic (exact) mass is 474 g/mol. The number of carbonyl (C=O) groups is 1. The Morgan fingerprint density at radius 3 is 2.31 bits per heavy atom. The number of rotatable bonds is 5. The number of methoxy groups -OCH3 is 1. The summed E-state index contributed by atoms with van der Waals surface area (Å²) in [6, 6.07) is 6.44. The fourth-order valence-electron chi connectivity index (χ4n) is 5.91. The molecule has 35 heavy (non-hydrogen) atoms. The van der Waals surface area contributed by atoms with Crippen molar-refractivity contribution in [3.63, 3.8) is 0 Å². The summed E-state index contributed by atoms with van der Waals surface area (Å²) >= 11 is 0. The molecule has 8 nitrogen and oxygen atoms in total. The third-order valence-electron chi connectivity index (χ3n) is 8.12. The van der Waals surface area contributed by atoms with Crippen LogP contribution in [0.2, 0.25) is 0 Å². The van der Waals surface area contributed by atoms with Crippen molar-refractivity contribution in [1.29, 1.82) is 0 Å². The molecule has 1 saturated heterocycles. The van der Waals surface area contributed by atoms with Gasteiger partial charge in [-0.2, -0.15) is 5.10 Å². The molecule has 4 heterocycles. The summed E-state index contributed by atoms with van der Waals surface area (Å²) in [5.74, 6) is 0.107. The van der Waals surface area contributed by atoms with Gasteiger partial charge in [-0.3, -0.25) is 4.98 Å². The lowest BCUT2D eigenvalue weighted by atomic mass is 9.82. The van der Waals surface area contributed by atoms with Crippen LogP contribution in [0.4, 0.5) is 11.4 Å². The van der Waals surface area contributed by atoms with E-state index >= 15 is 0 Å². The number of piperazine rings is 1. The molecule has 6 rings (SSSR count). The topological polar surface area (TPSA) is 76.4 Å². The highest BCUT2D eigenvalue weighted by Gasteiger charge is 2.32. The third kappa shape index (κ3) is 4.13. The van der Waals surface area contributed by atoms with E-state index in [0.29, 0.717) is 17.7 Å². The fourth-order valence-corrected chi connectivity index (χ4v) is 5.91. The number of hydrogen-bond donors (Lipinski definition) is 0. The van der Waals surface area contributed by atoms with Gasteiger partial charge in [-0.25, -0.2) is 14.5 Å². The molecule has 2 aliphatic carbocycles. The lowest BCUT2D eigenvalue weighted by Gasteiger charge is -2.38. The van der Waals surface area contributed by atoms with Gasteiger partial charge in [-0.05, 0) is 43.9 Å². The van der Waals surface area contributed by atoms with Crippen LogP contribution in [0.15, 0.2) is 30.6 Å². The molecule has 1 aliphatic heterocycles. The van der Waals surface area contributed by atoms with Crippen molar-refractivity contribution >= 4 is 28.4 Å². The van der Waals surface area contributed by atoms with Crippen molar-refractivity contribution in [1.82, 2.24) is 19.7 Å². The molecule has 0 bridgehead atoms. The van der Waals surface area contributed by atoms with Gasteiger partial charge in [0.05, 0.1) is 29.9 Å². The molecule has 2 saturated carbocycles. The van der Waals surface area contributed by atoms with Gasteiger partial charge < -0.3 is 14.5 Å². The minimum atomic E-state index is -0.384. The van der Waals surface area contributed by atoms with E-state index in [0.717, 1.165) is 55.7 Å². The summed E-state index contributed by atoms with van der Waals surface area (Å²) in [6.07, 6.45) is 13.3. The summed E-state index contributed by atoms with van der Waals surface area (Å²) in [6.45, 7) is 3.58. The van der Waals surface area contributed by atoms with E-state index in [4.69, 9.17) is 14.8 Å². The summed E-state index contributed by atoms with van der Waals surface area (Å²) in [5, 5.41) is 6.40. The minimum Gasteiger partial charge on any atom is -0.464 e. The SMILES string of the molecule is COC(=O)c1cc(N2CCN(c3ccncc3)CC2)c2c(C3CCC3)nn(C3CCCCC3)c2n1. The smallest absolute Gasteiger partial charge is 0.356 e.